The Labute approximate surface area is 95.4 Å². The van der Waals surface area contributed by atoms with Crippen molar-refractivity contribution in [1.29, 1.82) is 0 Å². The largest absolute Gasteiger partial charge is 0.411 e. The summed E-state index contributed by atoms with van der Waals surface area (Å²) in [5.41, 5.74) is 6.24. The van der Waals surface area contributed by atoms with Crippen molar-refractivity contribution in [3.05, 3.63) is 29.6 Å². The Balaban J connectivity index is 2.55. The number of aromatic nitrogens is 1. The first-order chi connectivity index (χ1) is 7.38. The van der Waals surface area contributed by atoms with E-state index in [9.17, 15) is 13.2 Å². The molecular weight excluding hydrogens is 241 g/mol. The van der Waals surface area contributed by atoms with E-state index in [0.29, 0.717) is 11.3 Å². The highest BCUT2D eigenvalue weighted by Gasteiger charge is 2.27. The van der Waals surface area contributed by atoms with Crippen LogP contribution in [0.3, 0.4) is 0 Å². The van der Waals surface area contributed by atoms with Crippen molar-refractivity contribution >= 4 is 17.2 Å². The maximum Gasteiger partial charge on any atom is 0.411 e. The van der Waals surface area contributed by atoms with Crippen LogP contribution in [0.2, 0.25) is 0 Å². The first-order valence-electron chi connectivity index (χ1n) is 4.28. The Kier molecular flexibility index (Phi) is 4.19. The third-order valence-corrected chi connectivity index (χ3v) is 1.82. The van der Waals surface area contributed by atoms with Gasteiger partial charge in [-0.2, -0.15) is 13.2 Å². The molecule has 1 heterocycles. The van der Waals surface area contributed by atoms with Crippen molar-refractivity contribution in [3.8, 4) is 0 Å². The zero-order valence-electron chi connectivity index (χ0n) is 8.12. The number of hydrogen-bond donors (Lipinski definition) is 1. The van der Waals surface area contributed by atoms with Gasteiger partial charge in [0, 0.05) is 6.20 Å². The molecule has 0 aromatic carbocycles. The van der Waals surface area contributed by atoms with E-state index in [1.165, 1.54) is 18.3 Å². The van der Waals surface area contributed by atoms with E-state index in [1.54, 1.807) is 0 Å². The molecule has 0 fully saturated rings. The van der Waals surface area contributed by atoms with Gasteiger partial charge in [0.05, 0.1) is 12.3 Å². The Morgan fingerprint density at radius 3 is 2.75 bits per heavy atom. The van der Waals surface area contributed by atoms with Gasteiger partial charge in [0.25, 0.3) is 0 Å². The molecule has 0 unspecified atom stereocenters. The molecule has 0 amide bonds. The van der Waals surface area contributed by atoms with Crippen molar-refractivity contribution in [2.24, 2.45) is 5.73 Å². The van der Waals surface area contributed by atoms with E-state index in [0.717, 1.165) is 0 Å². The van der Waals surface area contributed by atoms with Crippen LogP contribution in [0.15, 0.2) is 18.3 Å². The maximum atomic E-state index is 11.8. The van der Waals surface area contributed by atoms with E-state index in [4.69, 9.17) is 5.73 Å². The van der Waals surface area contributed by atoms with Crippen LogP contribution in [0.4, 0.5) is 13.2 Å². The monoisotopic (exact) mass is 250 g/mol. The predicted molar refractivity (Wildman–Crippen MR) is 55.8 cm³/mol. The first kappa shape index (κ1) is 12.9. The van der Waals surface area contributed by atoms with Gasteiger partial charge in [0.1, 0.15) is 11.6 Å². The molecule has 0 saturated carbocycles. The summed E-state index contributed by atoms with van der Waals surface area (Å²) in [6.45, 7) is -1.44. The second kappa shape index (κ2) is 5.22. The van der Waals surface area contributed by atoms with E-state index < -0.39 is 12.8 Å². The van der Waals surface area contributed by atoms with Crippen molar-refractivity contribution in [3.63, 3.8) is 0 Å². The van der Waals surface area contributed by atoms with Crippen LogP contribution in [0.1, 0.15) is 11.3 Å². The molecule has 0 aliphatic heterocycles. The summed E-state index contributed by atoms with van der Waals surface area (Å²) in [6, 6.07) is 3.04. The average Bonchev–Trinajstić information content (AvgIpc) is 2.16. The summed E-state index contributed by atoms with van der Waals surface area (Å²) in [5.74, 6) is 0. The highest BCUT2D eigenvalue weighted by molar-refractivity contribution is 7.80. The lowest BCUT2D eigenvalue weighted by atomic mass is 10.2. The lowest BCUT2D eigenvalue weighted by Gasteiger charge is -2.08. The number of rotatable bonds is 4. The smallest absolute Gasteiger partial charge is 0.388 e. The molecule has 0 aliphatic carbocycles. The topological polar surface area (TPSA) is 48.1 Å². The van der Waals surface area contributed by atoms with Gasteiger partial charge in [0.2, 0.25) is 0 Å². The summed E-state index contributed by atoms with van der Waals surface area (Å²) in [5, 5.41) is 0. The molecule has 1 aromatic rings. The number of ether oxygens (including phenoxy) is 1. The third-order valence-electron chi connectivity index (χ3n) is 1.61. The third kappa shape index (κ3) is 4.54. The number of halogens is 3. The number of nitrogens with zero attached hydrogens (tertiary/aromatic N) is 1. The number of hydrogen-bond acceptors (Lipinski definition) is 3. The Morgan fingerprint density at radius 2 is 2.19 bits per heavy atom. The molecule has 0 atom stereocenters. The van der Waals surface area contributed by atoms with Crippen LogP contribution in [0.5, 0.6) is 0 Å². The molecule has 0 spiro atoms. The van der Waals surface area contributed by atoms with Gasteiger partial charge in [0.15, 0.2) is 0 Å². The summed E-state index contributed by atoms with van der Waals surface area (Å²) in [4.78, 5) is 3.95. The lowest BCUT2D eigenvalue weighted by molar-refractivity contribution is -0.176. The van der Waals surface area contributed by atoms with Crippen LogP contribution in [0.25, 0.3) is 0 Å². The summed E-state index contributed by atoms with van der Waals surface area (Å²) in [6.07, 6.45) is -2.90. The fourth-order valence-electron chi connectivity index (χ4n) is 0.983. The molecule has 7 heteroatoms. The zero-order chi connectivity index (χ0) is 12.2. The van der Waals surface area contributed by atoms with E-state index in [1.807, 2.05) is 0 Å². The van der Waals surface area contributed by atoms with Gasteiger partial charge in [-0.15, -0.1) is 0 Å². The number of alkyl halides is 3. The molecule has 1 aromatic heterocycles. The Bertz CT molecular complexity index is 381. The molecular formula is C9H9F3N2OS. The first-order valence-corrected chi connectivity index (χ1v) is 4.68. The van der Waals surface area contributed by atoms with E-state index >= 15 is 0 Å². The molecule has 3 nitrogen and oxygen atoms in total. The van der Waals surface area contributed by atoms with Crippen molar-refractivity contribution in [2.75, 3.05) is 6.61 Å². The van der Waals surface area contributed by atoms with Gasteiger partial charge in [-0.3, -0.25) is 4.98 Å². The molecule has 88 valence electrons. The number of nitrogens with two attached hydrogens (primary N) is 1. The van der Waals surface area contributed by atoms with Crippen molar-refractivity contribution < 1.29 is 17.9 Å². The highest BCUT2D eigenvalue weighted by atomic mass is 32.1. The standard InChI is InChI=1S/C9H9F3N2OS/c10-9(11,12)5-15-4-6-1-2-14-7(3-6)8(13)16/h1-3H,4-5H2,(H2,13,16). The molecule has 0 saturated heterocycles. The SMILES string of the molecule is NC(=S)c1cc(COCC(F)(F)F)ccn1. The van der Waals surface area contributed by atoms with Crippen LogP contribution >= 0.6 is 12.2 Å². The van der Waals surface area contributed by atoms with Gasteiger partial charge in [-0.25, -0.2) is 0 Å². The number of thiocarbonyl (C=S) groups is 1. The maximum absolute atomic E-state index is 11.8. The van der Waals surface area contributed by atoms with Crippen molar-refractivity contribution in [2.45, 2.75) is 12.8 Å². The average molecular weight is 250 g/mol. The summed E-state index contributed by atoms with van der Waals surface area (Å²) in [7, 11) is 0. The van der Waals surface area contributed by atoms with Crippen LogP contribution in [-0.4, -0.2) is 22.8 Å². The summed E-state index contributed by atoms with van der Waals surface area (Å²) >= 11 is 4.69. The Hall–Kier alpha value is -1.21. The minimum Gasteiger partial charge on any atom is -0.388 e. The second-order valence-corrected chi connectivity index (χ2v) is 3.46. The number of pyridine rings is 1. The van der Waals surface area contributed by atoms with Gasteiger partial charge < -0.3 is 10.5 Å². The fraction of sp³-hybridized carbons (Fsp3) is 0.333. The molecule has 2 N–H and O–H groups in total. The van der Waals surface area contributed by atoms with Crippen LogP contribution in [0, 0.1) is 0 Å². The van der Waals surface area contributed by atoms with Crippen LogP contribution < -0.4 is 5.73 Å². The van der Waals surface area contributed by atoms with Crippen LogP contribution in [-0.2, 0) is 11.3 Å². The van der Waals surface area contributed by atoms with E-state index in [-0.39, 0.29) is 11.6 Å². The highest BCUT2D eigenvalue weighted by Crippen LogP contribution is 2.15. The quantitative estimate of drug-likeness (QED) is 0.828. The zero-order valence-corrected chi connectivity index (χ0v) is 8.94. The van der Waals surface area contributed by atoms with Gasteiger partial charge in [-0.05, 0) is 17.7 Å². The lowest BCUT2D eigenvalue weighted by Crippen LogP contribution is -2.17. The summed E-state index contributed by atoms with van der Waals surface area (Å²) < 4.78 is 39.8. The minimum absolute atomic E-state index is 0.0951. The molecule has 0 radical (unpaired) electrons. The second-order valence-electron chi connectivity index (χ2n) is 3.02. The molecule has 0 bridgehead atoms. The Morgan fingerprint density at radius 1 is 1.50 bits per heavy atom. The van der Waals surface area contributed by atoms with E-state index in [2.05, 4.69) is 21.9 Å². The fourth-order valence-corrected chi connectivity index (χ4v) is 1.10. The normalized spacial score (nSPS) is 11.4. The van der Waals surface area contributed by atoms with Crippen molar-refractivity contribution in [1.82, 2.24) is 4.98 Å². The van der Waals surface area contributed by atoms with Gasteiger partial charge >= 0.3 is 6.18 Å². The molecule has 1 rings (SSSR count). The predicted octanol–water partition coefficient (Wildman–Crippen LogP) is 1.79. The molecule has 0 aliphatic rings. The minimum atomic E-state index is -4.32. The van der Waals surface area contributed by atoms with Gasteiger partial charge in [-0.1, -0.05) is 12.2 Å². The molecule has 16 heavy (non-hydrogen) atoms.